The largest absolute Gasteiger partial charge is 0.493 e. The van der Waals surface area contributed by atoms with Crippen LogP contribution in [0.1, 0.15) is 54.9 Å². The molecule has 1 saturated heterocycles. The normalized spacial score (nSPS) is 26.4. The number of hydrogen-bond donors (Lipinski definition) is 3. The molecule has 2 aliphatic heterocycles. The molecular formula is C33H36N2O10. The number of ether oxygens (including phenoxy) is 4. The number of amides is 1. The highest BCUT2D eigenvalue weighted by molar-refractivity contribution is 5.83. The van der Waals surface area contributed by atoms with Crippen LogP contribution in [-0.2, 0) is 40.5 Å². The molecule has 5 atom stereocenters. The molecule has 4 aliphatic rings. The number of aliphatic hydroxyl groups is 1. The quantitative estimate of drug-likeness (QED) is 0.316. The lowest BCUT2D eigenvalue weighted by molar-refractivity contribution is -0.176. The first kappa shape index (κ1) is 30.6. The average molecular weight is 621 g/mol. The molecule has 2 aromatic rings. The Hall–Kier alpha value is -4.42. The number of benzene rings is 2. The van der Waals surface area contributed by atoms with Crippen LogP contribution in [0.25, 0.3) is 0 Å². The van der Waals surface area contributed by atoms with Gasteiger partial charge in [-0.1, -0.05) is 36.4 Å². The molecule has 0 radical (unpaired) electrons. The number of likely N-dealkylation sites (N-methyl/N-ethyl adjacent to an activating group) is 1. The smallest absolute Gasteiger partial charge is 0.357 e. The summed E-state index contributed by atoms with van der Waals surface area (Å²) in [5, 5.41) is 23.6. The van der Waals surface area contributed by atoms with E-state index in [-0.39, 0.29) is 44.0 Å². The molecule has 0 unspecified atom stereocenters. The van der Waals surface area contributed by atoms with E-state index in [9.17, 15) is 24.3 Å². The number of carbonyl (C=O) groups excluding carboxylic acids is 3. The van der Waals surface area contributed by atoms with Crippen LogP contribution >= 0.6 is 0 Å². The number of aliphatic carboxylic acids is 1. The molecule has 0 aromatic heterocycles. The molecule has 0 saturated carbocycles. The van der Waals surface area contributed by atoms with E-state index in [1.165, 1.54) is 0 Å². The van der Waals surface area contributed by atoms with Crippen LogP contribution in [0.3, 0.4) is 0 Å². The summed E-state index contributed by atoms with van der Waals surface area (Å²) in [6.45, 7) is 0.620. The lowest BCUT2D eigenvalue weighted by Gasteiger charge is -2.61. The van der Waals surface area contributed by atoms with Gasteiger partial charge in [-0.3, -0.25) is 14.4 Å². The fourth-order valence-electron chi connectivity index (χ4n) is 7.44. The van der Waals surface area contributed by atoms with Crippen molar-refractivity contribution in [3.63, 3.8) is 0 Å². The zero-order valence-electron chi connectivity index (χ0n) is 25.1. The van der Waals surface area contributed by atoms with Crippen LogP contribution in [-0.4, -0.2) is 83.9 Å². The van der Waals surface area contributed by atoms with Crippen molar-refractivity contribution in [2.24, 2.45) is 0 Å². The van der Waals surface area contributed by atoms with E-state index >= 15 is 0 Å². The molecule has 12 nitrogen and oxygen atoms in total. The molecule has 2 aromatic carbocycles. The van der Waals surface area contributed by atoms with Crippen LogP contribution in [0.15, 0.2) is 54.3 Å². The van der Waals surface area contributed by atoms with Crippen LogP contribution < -0.4 is 14.8 Å². The molecule has 45 heavy (non-hydrogen) atoms. The summed E-state index contributed by atoms with van der Waals surface area (Å²) in [4.78, 5) is 51.3. The van der Waals surface area contributed by atoms with Crippen molar-refractivity contribution in [1.29, 1.82) is 0 Å². The molecule has 1 amide bonds. The van der Waals surface area contributed by atoms with Gasteiger partial charge in [0.25, 0.3) is 0 Å². The van der Waals surface area contributed by atoms with Crippen LogP contribution in [0.5, 0.6) is 11.5 Å². The van der Waals surface area contributed by atoms with Gasteiger partial charge in [-0.15, -0.1) is 0 Å². The van der Waals surface area contributed by atoms with Crippen LogP contribution in [0.4, 0.5) is 0 Å². The van der Waals surface area contributed by atoms with Crippen molar-refractivity contribution in [2.45, 2.75) is 67.8 Å². The third-order valence-corrected chi connectivity index (χ3v) is 9.56. The molecule has 2 heterocycles. The van der Waals surface area contributed by atoms with Crippen molar-refractivity contribution < 1.29 is 48.3 Å². The average Bonchev–Trinajstić information content (AvgIpc) is 3.38. The van der Waals surface area contributed by atoms with Crippen molar-refractivity contribution in [2.75, 3.05) is 27.2 Å². The number of methoxy groups -OCH3 is 1. The van der Waals surface area contributed by atoms with Crippen LogP contribution in [0.2, 0.25) is 0 Å². The van der Waals surface area contributed by atoms with Crippen molar-refractivity contribution in [3.05, 3.63) is 71.0 Å². The number of rotatable bonds is 11. The molecule has 6 rings (SSSR count). The van der Waals surface area contributed by atoms with Gasteiger partial charge < -0.3 is 39.4 Å². The number of nitrogens with one attached hydrogen (secondary N) is 1. The Balaban J connectivity index is 1.24. The Morgan fingerprint density at radius 1 is 1.11 bits per heavy atom. The highest BCUT2D eigenvalue weighted by atomic mass is 16.6. The number of piperidine rings is 1. The first-order valence-electron chi connectivity index (χ1n) is 15.0. The molecule has 2 aliphatic carbocycles. The molecule has 2 bridgehead atoms. The van der Waals surface area contributed by atoms with E-state index in [0.717, 1.165) is 11.1 Å². The number of nitrogens with zero attached hydrogens (tertiary/aromatic N) is 1. The third kappa shape index (κ3) is 5.11. The number of carboxylic acid groups (broad SMARTS) is 1. The maximum atomic E-state index is 13.8. The second-order valence-electron chi connectivity index (χ2n) is 12.0. The topological polar surface area (TPSA) is 161 Å². The Labute approximate surface area is 259 Å². The van der Waals surface area contributed by atoms with Gasteiger partial charge >= 0.3 is 17.9 Å². The Morgan fingerprint density at radius 3 is 2.62 bits per heavy atom. The van der Waals surface area contributed by atoms with Crippen molar-refractivity contribution >= 4 is 23.8 Å². The van der Waals surface area contributed by atoms with Crippen molar-refractivity contribution in [1.82, 2.24) is 10.2 Å². The highest BCUT2D eigenvalue weighted by Crippen LogP contribution is 2.65. The van der Waals surface area contributed by atoms with E-state index < -0.39 is 47.0 Å². The lowest BCUT2D eigenvalue weighted by atomic mass is 9.50. The SMILES string of the molecule is COc1ccc2c3c1O[C@@H]1C(OC(=O)[C@H](OC(=O)CCNC(=O)CCC(=O)O)c4ccccc4)=CC[C@]4(O)[C@H](C2)N(C)CC[C@@]314. The molecule has 1 fully saturated rings. The van der Waals surface area contributed by atoms with E-state index in [1.54, 1.807) is 43.5 Å². The number of likely N-dealkylation sites (tertiary alicyclic amines) is 1. The summed E-state index contributed by atoms with van der Waals surface area (Å²) in [5.41, 5.74) is 0.309. The van der Waals surface area contributed by atoms with Crippen molar-refractivity contribution in [3.8, 4) is 11.5 Å². The lowest BCUT2D eigenvalue weighted by Crippen LogP contribution is -2.74. The minimum Gasteiger partial charge on any atom is -0.493 e. The van der Waals surface area contributed by atoms with Gasteiger partial charge in [0.15, 0.2) is 17.6 Å². The Morgan fingerprint density at radius 2 is 1.89 bits per heavy atom. The fourth-order valence-corrected chi connectivity index (χ4v) is 7.44. The monoisotopic (exact) mass is 620 g/mol. The molecule has 12 heteroatoms. The first-order chi connectivity index (χ1) is 21.6. The number of hydrogen-bond acceptors (Lipinski definition) is 10. The molecular weight excluding hydrogens is 584 g/mol. The predicted molar refractivity (Wildman–Crippen MR) is 157 cm³/mol. The van der Waals surface area contributed by atoms with Gasteiger partial charge in [-0.05, 0) is 44.1 Å². The minimum atomic E-state index is -1.41. The number of esters is 2. The zero-order chi connectivity index (χ0) is 31.9. The van der Waals surface area contributed by atoms with Gasteiger partial charge in [0.1, 0.15) is 5.76 Å². The minimum absolute atomic E-state index is 0.0892. The Bertz CT molecular complexity index is 1560. The predicted octanol–water partition coefficient (Wildman–Crippen LogP) is 2.17. The summed E-state index contributed by atoms with van der Waals surface area (Å²) in [7, 11) is 3.57. The van der Waals surface area contributed by atoms with E-state index in [4.69, 9.17) is 24.1 Å². The third-order valence-electron chi connectivity index (χ3n) is 9.56. The summed E-state index contributed by atoms with van der Waals surface area (Å²) in [6.07, 6.45) is 0.143. The second-order valence-corrected chi connectivity index (χ2v) is 12.0. The number of carbonyl (C=O) groups is 4. The first-order valence-corrected chi connectivity index (χ1v) is 15.0. The number of carboxylic acids is 1. The maximum Gasteiger partial charge on any atom is 0.357 e. The highest BCUT2D eigenvalue weighted by Gasteiger charge is 2.72. The zero-order valence-corrected chi connectivity index (χ0v) is 25.1. The second kappa shape index (κ2) is 11.8. The molecule has 238 valence electrons. The summed E-state index contributed by atoms with van der Waals surface area (Å²) >= 11 is 0. The molecule has 1 spiro atoms. The van der Waals surface area contributed by atoms with Gasteiger partial charge in [0.05, 0.1) is 31.0 Å². The van der Waals surface area contributed by atoms with Gasteiger partial charge in [0, 0.05) is 36.6 Å². The van der Waals surface area contributed by atoms with Gasteiger partial charge in [-0.25, -0.2) is 4.79 Å². The maximum absolute atomic E-state index is 13.8. The molecule has 3 N–H and O–H groups in total. The van der Waals surface area contributed by atoms with Gasteiger partial charge in [0.2, 0.25) is 12.0 Å². The standard InChI is InChI=1S/C33H36N2O10/c1-35-17-15-32-27-20-8-9-21(42-2)29(27)45-30(32)22(12-14-33(32,41)23(35)18-20)43-31(40)28(19-6-4-3-5-7-19)44-26(39)13-16-34-24(36)10-11-25(37)38/h3-9,12,23,28,30,41H,10-11,13-18H2,1-2H3,(H,34,36)(H,37,38)/t23-,28+,30+,32+,33-/m0/s1. The van der Waals surface area contributed by atoms with E-state index in [0.29, 0.717) is 36.4 Å². The summed E-state index contributed by atoms with van der Waals surface area (Å²) in [6, 6.07) is 12.2. The summed E-state index contributed by atoms with van der Waals surface area (Å²) < 4.78 is 23.8. The van der Waals surface area contributed by atoms with E-state index in [2.05, 4.69) is 10.2 Å². The summed E-state index contributed by atoms with van der Waals surface area (Å²) in [5.74, 6) is -1.88. The van der Waals surface area contributed by atoms with Crippen LogP contribution in [0, 0.1) is 0 Å². The van der Waals surface area contributed by atoms with E-state index in [1.807, 2.05) is 19.2 Å². The fraction of sp³-hybridized carbons (Fsp3) is 0.455. The van der Waals surface area contributed by atoms with Gasteiger partial charge in [-0.2, -0.15) is 0 Å². The Kier molecular flexibility index (Phi) is 8.04.